The zero-order valence-electron chi connectivity index (χ0n) is 14.5. The highest BCUT2D eigenvalue weighted by molar-refractivity contribution is 9.10. The van der Waals surface area contributed by atoms with E-state index in [1.165, 1.54) is 16.4 Å². The van der Waals surface area contributed by atoms with Gasteiger partial charge in [0.05, 0.1) is 12.1 Å². The molecule has 3 heterocycles. The van der Waals surface area contributed by atoms with Crippen molar-refractivity contribution in [3.05, 3.63) is 40.1 Å². The Balaban J connectivity index is 1.66. The zero-order valence-corrected chi connectivity index (χ0v) is 16.9. The van der Waals surface area contributed by atoms with Gasteiger partial charge in [0.25, 0.3) is 5.91 Å². The summed E-state index contributed by atoms with van der Waals surface area (Å²) in [6, 6.07) is 8.11. The fourth-order valence-corrected chi connectivity index (χ4v) is 5.13. The van der Waals surface area contributed by atoms with Crippen molar-refractivity contribution in [2.75, 3.05) is 13.1 Å². The van der Waals surface area contributed by atoms with E-state index in [-0.39, 0.29) is 23.3 Å². The van der Waals surface area contributed by atoms with Gasteiger partial charge in [-0.3, -0.25) is 9.69 Å². The molecule has 8 heteroatoms. The molecule has 2 unspecified atom stereocenters. The van der Waals surface area contributed by atoms with Gasteiger partial charge in [-0.05, 0) is 30.5 Å². The third kappa shape index (κ3) is 3.35. The van der Waals surface area contributed by atoms with Gasteiger partial charge < -0.3 is 5.11 Å². The summed E-state index contributed by atoms with van der Waals surface area (Å²) in [5, 5.41) is 14.6. The molecule has 4 rings (SSSR count). The van der Waals surface area contributed by atoms with Crippen molar-refractivity contribution in [3.8, 4) is 0 Å². The second-order valence-corrected chi connectivity index (χ2v) is 8.74. The minimum atomic E-state index is -0.271. The first-order valence-electron chi connectivity index (χ1n) is 8.91. The van der Waals surface area contributed by atoms with Crippen LogP contribution in [0, 0.1) is 0 Å². The Kier molecular flexibility index (Phi) is 5.18. The molecule has 2 aliphatic heterocycles. The third-order valence-electron chi connectivity index (χ3n) is 5.01. The van der Waals surface area contributed by atoms with Gasteiger partial charge in [0.15, 0.2) is 11.0 Å². The fraction of sp³-hybridized carbons (Fsp3) is 0.500. The van der Waals surface area contributed by atoms with E-state index >= 15 is 0 Å². The molecule has 1 aromatic carbocycles. The van der Waals surface area contributed by atoms with Crippen molar-refractivity contribution in [1.82, 2.24) is 19.7 Å². The lowest BCUT2D eigenvalue weighted by atomic mass is 9.97. The summed E-state index contributed by atoms with van der Waals surface area (Å²) in [6.07, 6.45) is 1.95. The van der Waals surface area contributed by atoms with Crippen molar-refractivity contribution in [2.24, 2.45) is 0 Å². The van der Waals surface area contributed by atoms with Gasteiger partial charge in [0, 0.05) is 24.0 Å². The van der Waals surface area contributed by atoms with Crippen LogP contribution in [-0.4, -0.2) is 55.1 Å². The van der Waals surface area contributed by atoms with Gasteiger partial charge in [-0.25, -0.2) is 4.98 Å². The van der Waals surface area contributed by atoms with E-state index in [1.54, 1.807) is 0 Å². The standard InChI is InChI=1S/C18H21BrN4O2S/c1-2-14-20-18-23(21-14)17(25)16(26-18)15(11-3-5-12(19)6-4-11)22-9-7-13(24)8-10-22/h3-6,13,15-16,24H,2,7-10H2,1H3. The van der Waals surface area contributed by atoms with E-state index in [2.05, 4.69) is 43.0 Å². The van der Waals surface area contributed by atoms with Crippen LogP contribution in [0.4, 0.5) is 0 Å². The van der Waals surface area contributed by atoms with Crippen LogP contribution in [-0.2, 0) is 6.42 Å². The monoisotopic (exact) mass is 436 g/mol. The molecule has 2 aromatic rings. The maximum Gasteiger partial charge on any atom is 0.264 e. The van der Waals surface area contributed by atoms with Gasteiger partial charge in [-0.1, -0.05) is 46.7 Å². The number of hydrogen-bond donors (Lipinski definition) is 1. The molecule has 1 aromatic heterocycles. The Morgan fingerprint density at radius 1 is 1.31 bits per heavy atom. The second-order valence-electron chi connectivity index (χ2n) is 6.72. The highest BCUT2D eigenvalue weighted by Crippen LogP contribution is 2.41. The summed E-state index contributed by atoms with van der Waals surface area (Å²) >= 11 is 4.99. The second kappa shape index (κ2) is 7.42. The SMILES string of the molecule is CCc1nc2n(n1)C(=O)C(C(c1ccc(Br)cc1)N1CCC(O)CC1)S2. The van der Waals surface area contributed by atoms with Crippen molar-refractivity contribution in [2.45, 2.75) is 48.7 Å². The highest BCUT2D eigenvalue weighted by atomic mass is 79.9. The van der Waals surface area contributed by atoms with E-state index in [9.17, 15) is 9.90 Å². The summed E-state index contributed by atoms with van der Waals surface area (Å²) in [6.45, 7) is 3.55. The Morgan fingerprint density at radius 2 is 2.00 bits per heavy atom. The van der Waals surface area contributed by atoms with Gasteiger partial charge in [-0.2, -0.15) is 4.68 Å². The lowest BCUT2D eigenvalue weighted by Gasteiger charge is -2.38. The summed E-state index contributed by atoms with van der Waals surface area (Å²) in [5.41, 5.74) is 1.11. The molecule has 0 amide bonds. The van der Waals surface area contributed by atoms with Crippen LogP contribution in [0.5, 0.6) is 0 Å². The summed E-state index contributed by atoms with van der Waals surface area (Å²) in [7, 11) is 0. The van der Waals surface area contributed by atoms with Gasteiger partial charge in [-0.15, -0.1) is 5.10 Å². The number of aryl methyl sites for hydroxylation is 1. The lowest BCUT2D eigenvalue weighted by molar-refractivity contribution is 0.0551. The smallest absolute Gasteiger partial charge is 0.264 e. The molecule has 0 bridgehead atoms. The van der Waals surface area contributed by atoms with Crippen LogP contribution < -0.4 is 0 Å². The number of hydrogen-bond acceptors (Lipinski definition) is 6. The lowest BCUT2D eigenvalue weighted by Crippen LogP contribution is -2.44. The number of likely N-dealkylation sites (tertiary alicyclic amines) is 1. The van der Waals surface area contributed by atoms with Crippen molar-refractivity contribution in [1.29, 1.82) is 0 Å². The van der Waals surface area contributed by atoms with Crippen LogP contribution in [0.2, 0.25) is 0 Å². The molecule has 0 saturated carbocycles. The molecule has 0 radical (unpaired) electrons. The summed E-state index contributed by atoms with van der Waals surface area (Å²) in [4.78, 5) is 19.9. The fourth-order valence-electron chi connectivity index (χ4n) is 3.59. The van der Waals surface area contributed by atoms with Crippen LogP contribution in [0.1, 0.15) is 42.0 Å². The molecule has 1 saturated heterocycles. The Hall–Kier alpha value is -1.22. The minimum Gasteiger partial charge on any atom is -0.393 e. The van der Waals surface area contributed by atoms with Crippen LogP contribution in [0.3, 0.4) is 0 Å². The molecule has 138 valence electrons. The van der Waals surface area contributed by atoms with Crippen LogP contribution in [0.25, 0.3) is 0 Å². The molecular weight excluding hydrogens is 416 g/mol. The molecule has 1 N–H and O–H groups in total. The first-order valence-corrected chi connectivity index (χ1v) is 10.6. The predicted molar refractivity (Wildman–Crippen MR) is 103 cm³/mol. The third-order valence-corrected chi connectivity index (χ3v) is 6.73. The summed E-state index contributed by atoms with van der Waals surface area (Å²) < 4.78 is 2.49. The maximum atomic E-state index is 13.1. The molecule has 2 aliphatic rings. The molecule has 1 fully saturated rings. The van der Waals surface area contributed by atoms with Gasteiger partial charge in [0.1, 0.15) is 5.25 Å². The van der Waals surface area contributed by atoms with E-state index in [0.29, 0.717) is 11.0 Å². The largest absolute Gasteiger partial charge is 0.393 e. The number of rotatable bonds is 4. The number of thioether (sulfide) groups is 1. The predicted octanol–water partition coefficient (Wildman–Crippen LogP) is 2.92. The average Bonchev–Trinajstić information content (AvgIpc) is 3.18. The average molecular weight is 437 g/mol. The maximum absolute atomic E-state index is 13.1. The zero-order chi connectivity index (χ0) is 18.3. The number of halogens is 1. The number of piperidine rings is 1. The number of nitrogens with zero attached hydrogens (tertiary/aromatic N) is 4. The summed E-state index contributed by atoms with van der Waals surface area (Å²) in [5.74, 6) is 0.705. The molecule has 2 atom stereocenters. The topological polar surface area (TPSA) is 71.2 Å². The Bertz CT molecular complexity index is 802. The van der Waals surface area contributed by atoms with Crippen molar-refractivity contribution < 1.29 is 9.90 Å². The van der Waals surface area contributed by atoms with E-state index < -0.39 is 0 Å². The molecule has 0 spiro atoms. The highest BCUT2D eigenvalue weighted by Gasteiger charge is 2.43. The van der Waals surface area contributed by atoms with Crippen molar-refractivity contribution in [3.63, 3.8) is 0 Å². The molecule has 26 heavy (non-hydrogen) atoms. The number of carbonyl (C=O) groups excluding carboxylic acids is 1. The Labute approximate surface area is 165 Å². The number of benzene rings is 1. The first-order chi connectivity index (χ1) is 12.6. The number of aromatic nitrogens is 3. The van der Waals surface area contributed by atoms with Crippen LogP contribution >= 0.6 is 27.7 Å². The van der Waals surface area contributed by atoms with Crippen molar-refractivity contribution >= 4 is 33.6 Å². The molecular formula is C18H21BrN4O2S. The van der Waals surface area contributed by atoms with Crippen LogP contribution in [0.15, 0.2) is 33.9 Å². The normalized spacial score (nSPS) is 22.6. The first kappa shape index (κ1) is 18.2. The number of carbonyl (C=O) groups is 1. The quantitative estimate of drug-likeness (QED) is 0.794. The Morgan fingerprint density at radius 3 is 2.62 bits per heavy atom. The van der Waals surface area contributed by atoms with E-state index in [4.69, 9.17) is 0 Å². The van der Waals surface area contributed by atoms with E-state index in [1.807, 2.05) is 19.1 Å². The van der Waals surface area contributed by atoms with E-state index in [0.717, 1.165) is 42.4 Å². The molecule has 6 nitrogen and oxygen atoms in total. The number of fused-ring (bicyclic) bond motifs is 1. The van der Waals surface area contributed by atoms with Gasteiger partial charge >= 0.3 is 0 Å². The molecule has 0 aliphatic carbocycles. The number of aliphatic hydroxyl groups is 1. The number of aliphatic hydroxyl groups excluding tert-OH is 1. The minimum absolute atomic E-state index is 0.00348. The van der Waals surface area contributed by atoms with Gasteiger partial charge in [0.2, 0.25) is 0 Å².